The van der Waals surface area contributed by atoms with Crippen molar-refractivity contribution in [1.82, 2.24) is 9.80 Å². The monoisotopic (exact) mass is 576 g/mol. The van der Waals surface area contributed by atoms with E-state index in [1.54, 1.807) is 49.9 Å². The molecule has 10 heteroatoms. The van der Waals surface area contributed by atoms with Gasteiger partial charge in [-0.1, -0.05) is 24.3 Å². The van der Waals surface area contributed by atoms with Crippen LogP contribution < -0.4 is 14.2 Å². The van der Waals surface area contributed by atoms with Gasteiger partial charge in [0.15, 0.2) is 34.5 Å². The largest absolute Gasteiger partial charge is 0.504 e. The molecule has 1 fully saturated rings. The highest BCUT2D eigenvalue weighted by Gasteiger charge is 2.34. The molecule has 224 valence electrons. The first-order valence-electron chi connectivity index (χ1n) is 14.0. The molecular weight excluding hydrogens is 536 g/mol. The highest BCUT2D eigenvalue weighted by Crippen LogP contribution is 2.40. The van der Waals surface area contributed by atoms with Crippen LogP contribution in [0.1, 0.15) is 35.7 Å². The van der Waals surface area contributed by atoms with E-state index in [1.165, 1.54) is 14.2 Å². The molecule has 10 nitrogen and oxygen atoms in total. The van der Waals surface area contributed by atoms with Crippen LogP contribution >= 0.6 is 0 Å². The van der Waals surface area contributed by atoms with Crippen LogP contribution in [0.2, 0.25) is 0 Å². The lowest BCUT2D eigenvalue weighted by Gasteiger charge is -2.31. The van der Waals surface area contributed by atoms with Crippen LogP contribution in [0.15, 0.2) is 64.6 Å². The molecule has 0 saturated carbocycles. The number of para-hydroxylation sites is 3. The van der Waals surface area contributed by atoms with E-state index in [0.717, 1.165) is 44.6 Å². The van der Waals surface area contributed by atoms with Crippen LogP contribution in [-0.4, -0.2) is 98.1 Å². The molecule has 0 radical (unpaired) electrons. The summed E-state index contributed by atoms with van der Waals surface area (Å²) in [4.78, 5) is 13.7. The van der Waals surface area contributed by atoms with E-state index in [2.05, 4.69) is 19.8 Å². The first kappa shape index (κ1) is 30.7. The highest BCUT2D eigenvalue weighted by atomic mass is 16.5. The molecule has 42 heavy (non-hydrogen) atoms. The van der Waals surface area contributed by atoms with Crippen molar-refractivity contribution in [3.8, 4) is 34.5 Å². The lowest BCUT2D eigenvalue weighted by molar-refractivity contribution is 0.132. The zero-order valence-corrected chi connectivity index (χ0v) is 24.4. The van der Waals surface area contributed by atoms with E-state index >= 15 is 0 Å². The molecule has 0 unspecified atom stereocenters. The Labute approximate surface area is 247 Å². The summed E-state index contributed by atoms with van der Waals surface area (Å²) in [5.74, 6) is 1.60. The maximum atomic E-state index is 11.0. The quantitative estimate of drug-likeness (QED) is 0.190. The number of phenols is 3. The molecule has 1 aliphatic rings. The molecule has 0 spiro atoms. The Hall–Kier alpha value is -4.28. The average molecular weight is 577 g/mol. The van der Waals surface area contributed by atoms with E-state index in [0.29, 0.717) is 41.5 Å². The van der Waals surface area contributed by atoms with E-state index < -0.39 is 0 Å². The lowest BCUT2D eigenvalue weighted by atomic mass is 10.1. The number of nitrogens with zero attached hydrogens (tertiary/aromatic N) is 4. The first-order chi connectivity index (χ1) is 20.5. The fourth-order valence-corrected chi connectivity index (χ4v) is 5.18. The van der Waals surface area contributed by atoms with Gasteiger partial charge in [0.1, 0.15) is 0 Å². The van der Waals surface area contributed by atoms with Crippen molar-refractivity contribution < 1.29 is 29.5 Å². The first-order valence-corrected chi connectivity index (χ1v) is 14.0. The molecule has 3 aromatic carbocycles. The maximum Gasteiger partial charge on any atom is 0.166 e. The van der Waals surface area contributed by atoms with Gasteiger partial charge in [-0.3, -0.25) is 19.8 Å². The minimum atomic E-state index is -0.113. The lowest BCUT2D eigenvalue weighted by Crippen LogP contribution is -2.32. The molecule has 0 amide bonds. The fraction of sp³-hybridized carbons (Fsp3) is 0.375. The summed E-state index contributed by atoms with van der Waals surface area (Å²) in [6, 6.07) is 16.2. The Kier molecular flexibility index (Phi) is 11.0. The minimum absolute atomic E-state index is 0.0807. The third kappa shape index (κ3) is 7.32. The van der Waals surface area contributed by atoms with Crippen molar-refractivity contribution in [2.24, 2.45) is 9.98 Å². The molecule has 0 atom stereocenters. The second-order valence-electron chi connectivity index (χ2n) is 9.92. The zero-order chi connectivity index (χ0) is 29.9. The maximum absolute atomic E-state index is 11.0. The molecule has 4 rings (SSSR count). The molecule has 1 heterocycles. The van der Waals surface area contributed by atoms with Crippen molar-refractivity contribution in [3.63, 3.8) is 0 Å². The van der Waals surface area contributed by atoms with Crippen LogP contribution in [-0.2, 0) is 0 Å². The van der Waals surface area contributed by atoms with Crippen molar-refractivity contribution in [3.05, 3.63) is 71.3 Å². The second-order valence-corrected chi connectivity index (χ2v) is 9.92. The molecule has 0 aliphatic carbocycles. The van der Waals surface area contributed by atoms with E-state index in [1.807, 2.05) is 24.3 Å². The molecule has 1 saturated heterocycles. The number of phenolic OH excluding ortho intramolecular Hbond substituents is 3. The summed E-state index contributed by atoms with van der Waals surface area (Å²) < 4.78 is 15.7. The number of aromatic hydroxyl groups is 3. The summed E-state index contributed by atoms with van der Waals surface area (Å²) in [6.45, 7) is 4.45. The number of ether oxygens (including phenoxy) is 3. The number of benzene rings is 3. The van der Waals surface area contributed by atoms with Gasteiger partial charge in [0.2, 0.25) is 0 Å². The number of aliphatic imine (C=N–C) groups is 2. The van der Waals surface area contributed by atoms with Gasteiger partial charge in [0, 0.05) is 68.4 Å². The molecule has 3 N–H and O–H groups in total. The van der Waals surface area contributed by atoms with Gasteiger partial charge < -0.3 is 29.5 Å². The topological polar surface area (TPSA) is 120 Å². The summed E-state index contributed by atoms with van der Waals surface area (Å²) in [6.07, 6.45) is 4.85. The van der Waals surface area contributed by atoms with Gasteiger partial charge in [0.05, 0.1) is 27.5 Å². The van der Waals surface area contributed by atoms with Gasteiger partial charge in [-0.2, -0.15) is 0 Å². The third-order valence-electron chi connectivity index (χ3n) is 7.32. The number of hydrogen-bond donors (Lipinski definition) is 3. The van der Waals surface area contributed by atoms with Crippen LogP contribution in [0.5, 0.6) is 34.5 Å². The van der Waals surface area contributed by atoms with Crippen LogP contribution in [0, 0.1) is 0 Å². The molecule has 0 aromatic heterocycles. The Morgan fingerprint density at radius 1 is 0.667 bits per heavy atom. The number of rotatable bonds is 14. The van der Waals surface area contributed by atoms with E-state index in [4.69, 9.17) is 14.2 Å². The third-order valence-corrected chi connectivity index (χ3v) is 7.32. The van der Waals surface area contributed by atoms with Gasteiger partial charge in [-0.15, -0.1) is 0 Å². The van der Waals surface area contributed by atoms with Gasteiger partial charge in [-0.25, -0.2) is 0 Å². The Morgan fingerprint density at radius 2 is 1.10 bits per heavy atom. The van der Waals surface area contributed by atoms with Crippen molar-refractivity contribution >= 4 is 12.4 Å². The Balaban J connectivity index is 1.38. The highest BCUT2D eigenvalue weighted by molar-refractivity contribution is 5.85. The summed E-state index contributed by atoms with van der Waals surface area (Å²) in [7, 11) is 4.60. The van der Waals surface area contributed by atoms with E-state index in [9.17, 15) is 15.3 Å². The number of methoxy groups -OCH3 is 3. The summed E-state index contributed by atoms with van der Waals surface area (Å²) >= 11 is 0. The zero-order valence-electron chi connectivity index (χ0n) is 24.4. The minimum Gasteiger partial charge on any atom is -0.504 e. The van der Waals surface area contributed by atoms with Crippen LogP contribution in [0.3, 0.4) is 0 Å². The molecular formula is C32H40N4O6. The van der Waals surface area contributed by atoms with Crippen molar-refractivity contribution in [2.75, 3.05) is 60.6 Å². The Morgan fingerprint density at radius 3 is 1.55 bits per heavy atom. The predicted molar refractivity (Wildman–Crippen MR) is 164 cm³/mol. The fourth-order valence-electron chi connectivity index (χ4n) is 5.18. The summed E-state index contributed by atoms with van der Waals surface area (Å²) in [5.41, 5.74) is 2.04. The van der Waals surface area contributed by atoms with Crippen LogP contribution in [0.25, 0.3) is 0 Å². The van der Waals surface area contributed by atoms with E-state index in [-0.39, 0.29) is 23.4 Å². The Bertz CT molecular complexity index is 1300. The van der Waals surface area contributed by atoms with Gasteiger partial charge >= 0.3 is 0 Å². The number of hydrogen-bond acceptors (Lipinski definition) is 10. The van der Waals surface area contributed by atoms with Crippen molar-refractivity contribution in [1.29, 1.82) is 0 Å². The SMILES string of the molecule is COc1cccc(C=NCCCN2CCN(CCCN=Cc3cccc(OC)c3O)C2c2cccc(OC)c2O)c1O. The smallest absolute Gasteiger partial charge is 0.166 e. The molecule has 3 aromatic rings. The van der Waals surface area contributed by atoms with Crippen LogP contribution in [0.4, 0.5) is 0 Å². The van der Waals surface area contributed by atoms with Crippen molar-refractivity contribution in [2.45, 2.75) is 19.0 Å². The predicted octanol–water partition coefficient (Wildman–Crippen LogP) is 4.46. The molecule has 0 bridgehead atoms. The van der Waals surface area contributed by atoms with Gasteiger partial charge in [-0.05, 0) is 43.2 Å². The average Bonchev–Trinajstić information content (AvgIpc) is 3.40. The second kappa shape index (κ2) is 15.1. The normalized spacial score (nSPS) is 16.0. The standard InChI is InChI=1S/C32H40N4O6/c1-40-26-12-4-9-23(29(26)37)21-33-15-7-17-35-19-20-36(32(35)25-11-6-14-28(42-3)31(25)39)18-8-16-34-22-24-10-5-13-27(41-2)30(24)38/h4-6,9-14,21-22,32,37-39H,7-8,15-20H2,1-3H3. The summed E-state index contributed by atoms with van der Waals surface area (Å²) in [5, 5.41) is 31.6. The molecule has 1 aliphatic heterocycles. The van der Waals surface area contributed by atoms with Gasteiger partial charge in [0.25, 0.3) is 0 Å².